The van der Waals surface area contributed by atoms with Crippen molar-refractivity contribution in [3.63, 3.8) is 0 Å². The van der Waals surface area contributed by atoms with Crippen molar-refractivity contribution in [1.29, 1.82) is 0 Å². The van der Waals surface area contributed by atoms with Gasteiger partial charge in [0.1, 0.15) is 0 Å². The third-order valence-corrected chi connectivity index (χ3v) is 5.54. The van der Waals surface area contributed by atoms with Gasteiger partial charge < -0.3 is 0 Å². The van der Waals surface area contributed by atoms with Crippen LogP contribution < -0.4 is 11.3 Å². The molecule has 1 saturated carbocycles. The molecule has 2 rings (SSSR count). The fraction of sp³-hybridized carbons (Fsp3) is 0.750. The zero-order valence-electron chi connectivity index (χ0n) is 12.1. The Labute approximate surface area is 121 Å². The highest BCUT2D eigenvalue weighted by Gasteiger charge is 2.27. The van der Waals surface area contributed by atoms with Crippen molar-refractivity contribution in [2.24, 2.45) is 17.7 Å². The number of thiophene rings is 1. The molecule has 0 aliphatic heterocycles. The Balaban J connectivity index is 1.78. The number of nitrogens with one attached hydrogen (secondary N) is 1. The van der Waals surface area contributed by atoms with Gasteiger partial charge in [0.15, 0.2) is 0 Å². The first kappa shape index (κ1) is 15.0. The van der Waals surface area contributed by atoms with Gasteiger partial charge in [-0.15, -0.1) is 11.3 Å². The molecule has 0 radical (unpaired) electrons. The lowest BCUT2D eigenvalue weighted by atomic mass is 9.76. The topological polar surface area (TPSA) is 38.0 Å². The fourth-order valence-electron chi connectivity index (χ4n) is 3.38. The molecule has 2 nitrogen and oxygen atoms in total. The van der Waals surface area contributed by atoms with E-state index in [1.54, 1.807) is 0 Å². The van der Waals surface area contributed by atoms with Gasteiger partial charge in [-0.2, -0.15) is 0 Å². The summed E-state index contributed by atoms with van der Waals surface area (Å²) in [6.45, 7) is 2.29. The van der Waals surface area contributed by atoms with Crippen LogP contribution in [-0.2, 0) is 6.42 Å². The molecule has 3 heteroatoms. The van der Waals surface area contributed by atoms with Crippen LogP contribution in [-0.4, -0.2) is 6.04 Å². The van der Waals surface area contributed by atoms with Crippen molar-refractivity contribution in [3.8, 4) is 0 Å². The molecular formula is C16H28N2S. The van der Waals surface area contributed by atoms with Gasteiger partial charge >= 0.3 is 0 Å². The zero-order valence-corrected chi connectivity index (χ0v) is 12.9. The van der Waals surface area contributed by atoms with Crippen molar-refractivity contribution < 1.29 is 0 Å². The molecule has 0 spiro atoms. The highest BCUT2D eigenvalue weighted by atomic mass is 32.1. The van der Waals surface area contributed by atoms with Crippen LogP contribution in [0, 0.1) is 11.8 Å². The molecule has 108 valence electrons. The predicted octanol–water partition coefficient (Wildman–Crippen LogP) is 4.12. The molecule has 0 saturated heterocycles. The second-order valence-corrected chi connectivity index (χ2v) is 7.01. The van der Waals surface area contributed by atoms with E-state index in [9.17, 15) is 0 Å². The van der Waals surface area contributed by atoms with Gasteiger partial charge in [-0.05, 0) is 42.5 Å². The average Bonchev–Trinajstić information content (AvgIpc) is 2.96. The van der Waals surface area contributed by atoms with E-state index < -0.39 is 0 Å². The van der Waals surface area contributed by atoms with E-state index in [1.165, 1.54) is 49.8 Å². The van der Waals surface area contributed by atoms with Gasteiger partial charge in [0, 0.05) is 10.9 Å². The SMILES string of the molecule is CCCCC1CCC(C(Cc2cccs2)NN)CC1. The molecular weight excluding hydrogens is 252 g/mol. The van der Waals surface area contributed by atoms with Crippen LogP contribution in [0.2, 0.25) is 0 Å². The third kappa shape index (κ3) is 4.59. The summed E-state index contributed by atoms with van der Waals surface area (Å²) in [5.74, 6) is 7.54. The summed E-state index contributed by atoms with van der Waals surface area (Å²) < 4.78 is 0. The van der Waals surface area contributed by atoms with E-state index in [0.717, 1.165) is 18.3 Å². The van der Waals surface area contributed by atoms with Crippen LogP contribution in [0.5, 0.6) is 0 Å². The maximum atomic E-state index is 5.79. The molecule has 1 aliphatic rings. The number of hydrazine groups is 1. The maximum Gasteiger partial charge on any atom is 0.0286 e. The second kappa shape index (κ2) is 8.03. The van der Waals surface area contributed by atoms with Crippen molar-refractivity contribution in [3.05, 3.63) is 22.4 Å². The Morgan fingerprint density at radius 2 is 2.16 bits per heavy atom. The molecule has 1 aromatic heterocycles. The first-order valence-electron chi connectivity index (χ1n) is 7.82. The van der Waals surface area contributed by atoms with E-state index in [-0.39, 0.29) is 0 Å². The first-order chi connectivity index (χ1) is 9.33. The summed E-state index contributed by atoms with van der Waals surface area (Å²) in [7, 11) is 0. The highest BCUT2D eigenvalue weighted by molar-refractivity contribution is 7.09. The largest absolute Gasteiger partial charge is 0.271 e. The van der Waals surface area contributed by atoms with Crippen LogP contribution in [0.15, 0.2) is 17.5 Å². The van der Waals surface area contributed by atoms with Crippen LogP contribution in [0.3, 0.4) is 0 Å². The monoisotopic (exact) mass is 280 g/mol. The molecule has 0 aromatic carbocycles. The van der Waals surface area contributed by atoms with Crippen LogP contribution in [0.25, 0.3) is 0 Å². The summed E-state index contributed by atoms with van der Waals surface area (Å²) >= 11 is 1.85. The minimum absolute atomic E-state index is 0.464. The maximum absolute atomic E-state index is 5.79. The van der Waals surface area contributed by atoms with E-state index in [2.05, 4.69) is 29.9 Å². The molecule has 1 aromatic rings. The molecule has 0 amide bonds. The molecule has 1 fully saturated rings. The minimum Gasteiger partial charge on any atom is -0.271 e. The molecule has 3 N–H and O–H groups in total. The van der Waals surface area contributed by atoms with Crippen molar-refractivity contribution in [1.82, 2.24) is 5.43 Å². The van der Waals surface area contributed by atoms with Gasteiger partial charge in [-0.3, -0.25) is 11.3 Å². The highest BCUT2D eigenvalue weighted by Crippen LogP contribution is 2.34. The average molecular weight is 280 g/mol. The van der Waals surface area contributed by atoms with Gasteiger partial charge in [-0.25, -0.2) is 0 Å². The Kier molecular flexibility index (Phi) is 6.35. The number of hydrogen-bond donors (Lipinski definition) is 2. The lowest BCUT2D eigenvalue weighted by Gasteiger charge is -2.33. The summed E-state index contributed by atoms with van der Waals surface area (Å²) in [5, 5.41) is 2.16. The lowest BCUT2D eigenvalue weighted by molar-refractivity contribution is 0.212. The molecule has 1 unspecified atom stereocenters. The van der Waals surface area contributed by atoms with Crippen LogP contribution in [0.1, 0.15) is 56.7 Å². The van der Waals surface area contributed by atoms with E-state index in [1.807, 2.05) is 11.3 Å². The number of nitrogens with two attached hydrogens (primary N) is 1. The summed E-state index contributed by atoms with van der Waals surface area (Å²) in [6, 6.07) is 4.82. The third-order valence-electron chi connectivity index (χ3n) is 4.64. The van der Waals surface area contributed by atoms with Gasteiger partial charge in [-0.1, -0.05) is 45.1 Å². The fourth-order valence-corrected chi connectivity index (χ4v) is 4.14. The molecule has 0 bridgehead atoms. The Hall–Kier alpha value is -0.380. The molecule has 1 heterocycles. The van der Waals surface area contributed by atoms with E-state index >= 15 is 0 Å². The smallest absolute Gasteiger partial charge is 0.0286 e. The van der Waals surface area contributed by atoms with Crippen molar-refractivity contribution in [2.45, 2.75) is 64.3 Å². The molecule has 19 heavy (non-hydrogen) atoms. The van der Waals surface area contributed by atoms with Crippen molar-refractivity contribution >= 4 is 11.3 Å². The normalized spacial score (nSPS) is 25.4. The molecule has 1 aliphatic carbocycles. The quantitative estimate of drug-likeness (QED) is 0.582. The van der Waals surface area contributed by atoms with Crippen LogP contribution >= 0.6 is 11.3 Å². The summed E-state index contributed by atoms with van der Waals surface area (Å²) in [5.41, 5.74) is 3.07. The summed E-state index contributed by atoms with van der Waals surface area (Å²) in [6.07, 6.45) is 10.8. The van der Waals surface area contributed by atoms with E-state index in [4.69, 9.17) is 5.84 Å². The van der Waals surface area contributed by atoms with Gasteiger partial charge in [0.25, 0.3) is 0 Å². The standard InChI is InChI=1S/C16H28N2S/c1-2-3-5-13-7-9-14(10-8-13)16(18-17)12-15-6-4-11-19-15/h4,6,11,13-14,16,18H,2-3,5,7-10,12,17H2,1H3. The number of unbranched alkanes of at least 4 members (excludes halogenated alkanes) is 1. The number of hydrogen-bond acceptors (Lipinski definition) is 3. The van der Waals surface area contributed by atoms with Crippen molar-refractivity contribution in [2.75, 3.05) is 0 Å². The van der Waals surface area contributed by atoms with E-state index in [0.29, 0.717) is 6.04 Å². The Morgan fingerprint density at radius 3 is 2.74 bits per heavy atom. The summed E-state index contributed by atoms with van der Waals surface area (Å²) in [4.78, 5) is 1.45. The minimum atomic E-state index is 0.464. The van der Waals surface area contributed by atoms with Gasteiger partial charge in [0.2, 0.25) is 0 Å². The predicted molar refractivity (Wildman–Crippen MR) is 84.1 cm³/mol. The van der Waals surface area contributed by atoms with Crippen LogP contribution in [0.4, 0.5) is 0 Å². The zero-order chi connectivity index (χ0) is 13.5. The van der Waals surface area contributed by atoms with Gasteiger partial charge in [0.05, 0.1) is 0 Å². The lowest BCUT2D eigenvalue weighted by Crippen LogP contribution is -2.43. The number of rotatable bonds is 7. The Bertz CT molecular complexity index is 329. The molecule has 1 atom stereocenters. The Morgan fingerprint density at radius 1 is 1.37 bits per heavy atom. The second-order valence-electron chi connectivity index (χ2n) is 5.98. The first-order valence-corrected chi connectivity index (χ1v) is 8.70.